The zero-order valence-electron chi connectivity index (χ0n) is 79.6. The van der Waals surface area contributed by atoms with E-state index in [2.05, 4.69) is 104 Å². The Morgan fingerprint density at radius 2 is 0.936 bits per heavy atom. The van der Waals surface area contributed by atoms with Gasteiger partial charge in [-0.25, -0.2) is 72.3 Å². The Bertz CT molecular complexity index is 6190. The van der Waals surface area contributed by atoms with Gasteiger partial charge in [-0.1, -0.05) is 126 Å². The predicted octanol–water partition coefficient (Wildman–Crippen LogP) is 16.0. The normalized spacial score (nSPS) is 20.3. The molecule has 0 unspecified atom stereocenters. The first-order valence-electron chi connectivity index (χ1n) is 43.6. The maximum absolute atomic E-state index is 14.1. The van der Waals surface area contributed by atoms with Crippen LogP contribution in [0.5, 0.6) is 17.6 Å². The Morgan fingerprint density at radius 3 is 1.35 bits per heavy atom. The van der Waals surface area contributed by atoms with Gasteiger partial charge in [0.25, 0.3) is 17.6 Å². The first-order chi connectivity index (χ1) is 65.6. The van der Waals surface area contributed by atoms with Gasteiger partial charge >= 0.3 is 42.0 Å². The van der Waals surface area contributed by atoms with Crippen molar-refractivity contribution in [3.63, 3.8) is 0 Å². The van der Waals surface area contributed by atoms with Gasteiger partial charge in [-0.15, -0.1) is 25.4 Å². The number of allylic oxidation sites excluding steroid dienone is 1. The van der Waals surface area contributed by atoms with Crippen LogP contribution in [0.15, 0.2) is 90.5 Å². The summed E-state index contributed by atoms with van der Waals surface area (Å²) >= 11 is 48.3. The maximum atomic E-state index is 14.1. The minimum Gasteiger partial charge on any atom is -0.471 e. The van der Waals surface area contributed by atoms with Crippen LogP contribution in [0.2, 0.25) is 40.7 Å². The predicted molar refractivity (Wildman–Crippen MR) is 534 cm³/mol. The molecule has 14 rings (SSSR count). The number of unbranched alkanes of at least 4 members (excludes halogenated alkanes) is 1. The van der Waals surface area contributed by atoms with Crippen molar-refractivity contribution in [2.45, 2.75) is 204 Å². The topological polar surface area (TPSA) is 434 Å². The van der Waals surface area contributed by atoms with Crippen LogP contribution in [-0.2, 0) is 71.8 Å². The number of aromatic nitrogens is 8. The van der Waals surface area contributed by atoms with Crippen LogP contribution < -0.4 is 25.3 Å². The molecule has 2 saturated carbocycles. The lowest BCUT2D eigenvalue weighted by molar-refractivity contribution is -0.160. The number of hydrogen-bond donors (Lipinski definition) is 3. The summed E-state index contributed by atoms with van der Waals surface area (Å²) in [4.78, 5) is 138. The molecule has 4 saturated heterocycles. The second-order valence-electron chi connectivity index (χ2n) is 35.2. The van der Waals surface area contributed by atoms with E-state index in [1.807, 2.05) is 26.8 Å². The lowest BCUT2D eigenvalue weighted by atomic mass is 9.77. The molecule has 4 aliphatic heterocycles. The molecular weight excluding hydrogens is 2020 g/mol. The molecule has 4 aromatic heterocycles. The summed E-state index contributed by atoms with van der Waals surface area (Å²) in [7, 11) is 3.16. The highest BCUT2D eigenvalue weighted by molar-refractivity contribution is 7.90. The monoisotopic (exact) mass is 2130 g/mol. The number of hydrogen-bond acceptors (Lipinski definition) is 31. The Balaban J connectivity index is 0.000000242. The zero-order chi connectivity index (χ0) is 103. The SMILES string of the molecule is C#CC#CC#CC#CC.C=CCCC[C@@H]1[C@H]2C[C@H]2C[C@H]1OC(=O)C[C@H](C(=O)N1C[C@H](Oc2nc3cc(Cl)ccc3nc2Cl)C[C@H]1C(=O)OC)C(C)(C)C.CN.COC(=O)[C@@H]1C[C@@H](O)CN1C(=O)OC(C)(C)C.COC(=O)[C@@H]1C[C@@H](Oc2nc3cc(Cl)ccc3nc2Cl)CN1.COC(=O)[C@@H]1C[C@@H](Oc2nc3cc(Cl)ccc3nc2Cl)CN1C(=O)OC(C)(C)C.CS(=O)(=O)c1nc2cc(Cl)ccc2nc1Cl.Cl. The molecule has 8 aromatic rings. The summed E-state index contributed by atoms with van der Waals surface area (Å²) in [6, 6.07) is 17.2. The Hall–Kier alpha value is -10.6. The van der Waals surface area contributed by atoms with Crippen molar-refractivity contribution in [3.8, 4) is 65.5 Å². The Morgan fingerprint density at radius 1 is 0.536 bits per heavy atom. The first-order valence-corrected chi connectivity index (χ1v) is 48.5. The quantitative estimate of drug-likeness (QED) is 0.0222. The fraction of sp³-hybridized carbons (Fsp3) is 0.479. The third-order valence-corrected chi connectivity index (χ3v) is 24.7. The average Bonchev–Trinajstić information content (AvgIpc) is 1.59. The number of terminal acetylenes is 1. The molecule has 6 fully saturated rings. The van der Waals surface area contributed by atoms with Crippen LogP contribution in [0.4, 0.5) is 9.59 Å². The van der Waals surface area contributed by atoms with Gasteiger partial charge in [0.15, 0.2) is 35.5 Å². The number of carbonyl (C=O) groups excluding carboxylic acids is 8. The number of aliphatic hydroxyl groups is 1. The molecule has 13 atom stereocenters. The summed E-state index contributed by atoms with van der Waals surface area (Å²) in [5.41, 5.74) is 6.86. The van der Waals surface area contributed by atoms with Gasteiger partial charge in [0.1, 0.15) is 59.8 Å². The van der Waals surface area contributed by atoms with Crippen molar-refractivity contribution in [2.24, 2.45) is 34.8 Å². The molecule has 2 aliphatic carbocycles. The van der Waals surface area contributed by atoms with Gasteiger partial charge in [0.2, 0.25) is 5.91 Å². The summed E-state index contributed by atoms with van der Waals surface area (Å²) in [5.74, 6) is 15.6. The van der Waals surface area contributed by atoms with E-state index in [-0.39, 0.29) is 137 Å². The molecule has 0 spiro atoms. The lowest BCUT2D eigenvalue weighted by Gasteiger charge is -2.34. The standard InChI is InChI=1S/C33H41Cl2N3O6.C19H21Cl2N3O5.C14H13Cl2N3O3.C11H19NO5.C9H6Cl2N2O2S.C9H4.CH5N.ClH/c1-6-7-8-9-21-22-12-18(22)13-27(21)44-28(39)16-23(33(2,3)4)31(40)38-17-20(15-26(38)32(41)42-5)43-30-29(35)36-24-11-10-19(34)14-25(24)37-30;1-19(2,3)29-18(26)24-9-11(8-14(24)17(25)27-4)28-16-15(21)22-12-6-5-10(20)7-13(12)23-16;1-21-14(20)11-5-8(6-17-11)22-13-12(16)18-9-3-2-7(15)4-10(9)19-13;1-11(2,3)17-10(15)12-6-7(13)5-8(12)9(14)16-4;1-16(14,15)9-8(11)12-6-3-2-5(10)4-7(6)13-9;1-3-5-7-9-8-6-4-2;1-2;/h6,10-11,14,18,20-23,26-27H,1,7-9,12-13,15-17H2,2-5H3;5-7,11,14H,8-9H2,1-4H3;2-4,8,11,17H,5-6H2,1H3;7-8,13H,5-6H2,1-4H3;2-4H,1H3;1H,2H3;2H2,1H3;1H/t18-,20+,21+,22-,23+,26-,27+;11-,14+;8-,11+;7-,8+;;;;/m0111..../s1. The highest BCUT2D eigenvalue weighted by Gasteiger charge is 2.55. The number of nitrogens with two attached hydrogens (primary N) is 1. The molecular formula is C96H110Cl9N13O21S. The van der Waals surface area contributed by atoms with E-state index in [0.29, 0.717) is 94.9 Å². The van der Waals surface area contributed by atoms with Gasteiger partial charge in [0, 0.05) is 58.6 Å². The Kier molecular flexibility index (Phi) is 44.0. The van der Waals surface area contributed by atoms with E-state index in [4.69, 9.17) is 142 Å². The number of halogens is 9. The number of nitrogens with one attached hydrogen (secondary N) is 1. The van der Waals surface area contributed by atoms with Gasteiger partial charge in [-0.3, -0.25) is 24.2 Å². The van der Waals surface area contributed by atoms with Crippen LogP contribution in [0.1, 0.15) is 133 Å². The average molecular weight is 2130 g/mol. The number of fused-ring (bicyclic) bond motifs is 5. The van der Waals surface area contributed by atoms with Crippen molar-refractivity contribution in [1.29, 1.82) is 0 Å². The number of nitrogens with zero attached hydrogens (tertiary/aromatic N) is 11. The van der Waals surface area contributed by atoms with Crippen LogP contribution in [0.25, 0.3) is 44.1 Å². The number of benzene rings is 4. The van der Waals surface area contributed by atoms with Crippen LogP contribution in [0.3, 0.4) is 0 Å². The van der Waals surface area contributed by atoms with E-state index in [1.54, 1.807) is 115 Å². The molecule has 754 valence electrons. The number of aliphatic hydroxyl groups excluding tert-OH is 1. The number of ether oxygens (including phenoxy) is 10. The van der Waals surface area contributed by atoms with E-state index in [1.165, 1.54) is 62.7 Å². The van der Waals surface area contributed by atoms with Gasteiger partial charge in [-0.05, 0) is 219 Å². The highest BCUT2D eigenvalue weighted by atomic mass is 35.5. The number of sulfone groups is 1. The number of carbonyl (C=O) groups is 8. The maximum Gasteiger partial charge on any atom is 0.411 e. The van der Waals surface area contributed by atoms with Crippen molar-refractivity contribution in [3.05, 3.63) is 126 Å². The number of likely N-dealkylation sites (tertiary alicyclic amines) is 3. The molecule has 0 bridgehead atoms. The molecule has 34 nitrogen and oxygen atoms in total. The largest absolute Gasteiger partial charge is 0.471 e. The van der Waals surface area contributed by atoms with Gasteiger partial charge in [-0.2, -0.15) is 0 Å². The van der Waals surface area contributed by atoms with Crippen molar-refractivity contribution >= 4 is 207 Å². The summed E-state index contributed by atoms with van der Waals surface area (Å²) in [5, 5.41) is 14.5. The summed E-state index contributed by atoms with van der Waals surface area (Å²) < 4.78 is 76.3. The fourth-order valence-corrected chi connectivity index (χ4v) is 17.7. The second-order valence-corrected chi connectivity index (χ2v) is 40.3. The number of amides is 3. The number of rotatable bonds is 19. The Labute approximate surface area is 858 Å². The molecule has 4 aromatic carbocycles. The molecule has 44 heteroatoms. The molecule has 4 N–H and O–H groups in total. The van der Waals surface area contributed by atoms with E-state index in [0.717, 1.165) is 31.9 Å². The van der Waals surface area contributed by atoms with Crippen LogP contribution in [-0.4, -0.2) is 250 Å². The minimum absolute atomic E-state index is 0. The minimum atomic E-state index is -3.49. The van der Waals surface area contributed by atoms with E-state index >= 15 is 0 Å². The van der Waals surface area contributed by atoms with Crippen LogP contribution in [0, 0.1) is 77.0 Å². The van der Waals surface area contributed by atoms with E-state index < -0.39 is 98.9 Å². The molecule has 140 heavy (non-hydrogen) atoms. The molecule has 0 radical (unpaired) electrons. The summed E-state index contributed by atoms with van der Waals surface area (Å²) in [6.07, 6.45) is 10.4. The third kappa shape index (κ3) is 33.8. The number of methoxy groups -OCH3 is 4. The second kappa shape index (κ2) is 53.0. The summed E-state index contributed by atoms with van der Waals surface area (Å²) in [6.45, 7) is 22.5. The third-order valence-electron chi connectivity index (χ3n) is 21.7. The van der Waals surface area contributed by atoms with Gasteiger partial charge in [0.05, 0.1) is 111 Å². The first kappa shape index (κ1) is 116. The van der Waals surface area contributed by atoms with E-state index in [9.17, 15) is 51.9 Å². The molecule has 3 amide bonds. The fourth-order valence-electron chi connectivity index (χ4n) is 15.3. The van der Waals surface area contributed by atoms with Crippen molar-refractivity contribution in [2.75, 3.05) is 67.9 Å². The highest BCUT2D eigenvalue weighted by Crippen LogP contribution is 2.58. The van der Waals surface area contributed by atoms with Gasteiger partial charge < -0.3 is 68.4 Å². The van der Waals surface area contributed by atoms with Crippen molar-refractivity contribution in [1.82, 2.24) is 59.9 Å². The van der Waals surface area contributed by atoms with Crippen LogP contribution >= 0.6 is 105 Å². The zero-order valence-corrected chi connectivity index (χ0v) is 87.3. The molecule has 8 heterocycles. The van der Waals surface area contributed by atoms with Crippen molar-refractivity contribution < 1.29 is 99.2 Å². The number of β-amino-alcohol motifs (C(OH)–C–C–N with tert-alkyl or cyclic N) is 1. The lowest BCUT2D eigenvalue weighted by Crippen LogP contribution is -2.48. The number of esters is 5. The smallest absolute Gasteiger partial charge is 0.411 e. The molecule has 6 aliphatic rings.